The molecule has 0 N–H and O–H groups in total. The molecule has 6 rings (SSSR count). The van der Waals surface area contributed by atoms with E-state index in [0.29, 0.717) is 16.2 Å². The van der Waals surface area contributed by atoms with Gasteiger partial charge in [0.15, 0.2) is 4.96 Å². The van der Waals surface area contributed by atoms with Gasteiger partial charge in [0.2, 0.25) is 0 Å². The number of fused-ring (bicyclic) bond motifs is 3. The van der Waals surface area contributed by atoms with Gasteiger partial charge in [-0.3, -0.25) is 9.20 Å². The third-order valence-corrected chi connectivity index (χ3v) is 6.70. The van der Waals surface area contributed by atoms with E-state index in [4.69, 9.17) is 14.1 Å². The fraction of sp³-hybridized carbons (Fsp3) is 0.154. The fourth-order valence-electron chi connectivity index (χ4n) is 4.43. The van der Waals surface area contributed by atoms with E-state index in [2.05, 4.69) is 4.98 Å². The van der Waals surface area contributed by atoms with Gasteiger partial charge in [0.1, 0.15) is 12.4 Å². The van der Waals surface area contributed by atoms with E-state index in [1.54, 1.807) is 17.8 Å². The number of aromatic nitrogens is 3. The highest BCUT2D eigenvalue weighted by atomic mass is 32.1. The molecule has 1 aliphatic carbocycles. The Bertz CT molecular complexity index is 1630. The smallest absolute Gasteiger partial charge is 0.339 e. The van der Waals surface area contributed by atoms with Crippen LogP contribution in [0.2, 0.25) is 0 Å². The highest BCUT2D eigenvalue weighted by molar-refractivity contribution is 7.15. The second-order valence-corrected chi connectivity index (χ2v) is 8.96. The Kier molecular flexibility index (Phi) is 5.07. The minimum Gasteiger partial charge on any atom is -0.465 e. The first-order valence-corrected chi connectivity index (χ1v) is 11.8. The summed E-state index contributed by atoms with van der Waals surface area (Å²) in [7, 11) is 0. The van der Waals surface area contributed by atoms with Gasteiger partial charge in [0.05, 0.1) is 28.7 Å². The molecule has 0 unspecified atom stereocenters. The summed E-state index contributed by atoms with van der Waals surface area (Å²) in [6.07, 6.45) is 7.78. The van der Waals surface area contributed by atoms with Gasteiger partial charge in [0.25, 0.3) is 5.56 Å². The Balaban J connectivity index is 1.40. The van der Waals surface area contributed by atoms with Crippen molar-refractivity contribution in [2.45, 2.75) is 25.9 Å². The van der Waals surface area contributed by atoms with Crippen LogP contribution in [0.4, 0.5) is 0 Å². The van der Waals surface area contributed by atoms with Crippen LogP contribution in [0, 0.1) is 0 Å². The van der Waals surface area contributed by atoms with Gasteiger partial charge >= 0.3 is 5.97 Å². The molecule has 0 bridgehead atoms. The van der Waals surface area contributed by atoms with Crippen LogP contribution in [0.25, 0.3) is 27.5 Å². The molecule has 0 spiro atoms. The van der Waals surface area contributed by atoms with E-state index in [1.165, 1.54) is 21.8 Å². The van der Waals surface area contributed by atoms with Crippen molar-refractivity contribution >= 4 is 44.8 Å². The van der Waals surface area contributed by atoms with Gasteiger partial charge in [-0.15, -0.1) is 11.3 Å². The van der Waals surface area contributed by atoms with E-state index in [0.717, 1.165) is 52.8 Å². The maximum Gasteiger partial charge on any atom is 0.339 e. The van der Waals surface area contributed by atoms with Crippen LogP contribution in [0.1, 0.15) is 45.9 Å². The van der Waals surface area contributed by atoms with Crippen LogP contribution in [0.15, 0.2) is 69.5 Å². The first-order chi connectivity index (χ1) is 16.7. The molecule has 0 amide bonds. The van der Waals surface area contributed by atoms with E-state index in [9.17, 15) is 9.59 Å². The molecule has 1 aliphatic rings. The summed E-state index contributed by atoms with van der Waals surface area (Å²) in [6, 6.07) is 12.7. The molecule has 5 aromatic rings. The largest absolute Gasteiger partial charge is 0.465 e. The molecular weight excluding hydrogens is 450 g/mol. The third kappa shape index (κ3) is 3.62. The first-order valence-electron chi connectivity index (χ1n) is 11.0. The maximum absolute atomic E-state index is 13.4. The highest BCUT2D eigenvalue weighted by Gasteiger charge is 2.26. The average Bonchev–Trinajstić information content (AvgIpc) is 3.54. The molecular formula is C26H19N3O4S. The summed E-state index contributed by atoms with van der Waals surface area (Å²) in [5.74, 6) is 0.311. The van der Waals surface area contributed by atoms with Gasteiger partial charge in [-0.05, 0) is 54.7 Å². The number of para-hydroxylation sites is 1. The number of thiazole rings is 1. The maximum atomic E-state index is 13.4. The quantitative estimate of drug-likeness (QED) is 0.339. The molecule has 0 saturated heterocycles. The number of hydrogen-bond donors (Lipinski definition) is 0. The predicted octanol–water partition coefficient (Wildman–Crippen LogP) is 5.13. The van der Waals surface area contributed by atoms with Gasteiger partial charge in [-0.2, -0.15) is 0 Å². The summed E-state index contributed by atoms with van der Waals surface area (Å²) < 4.78 is 12.7. The lowest BCUT2D eigenvalue weighted by Gasteiger charge is -2.22. The SMILES string of the molecule is O=C(OCc1cc(=O)n2ccsc2n1)c1c2c(nc3ccccc13)C(=Cc1ccco1)CCC2. The zero-order valence-corrected chi connectivity index (χ0v) is 18.9. The Labute approximate surface area is 198 Å². The summed E-state index contributed by atoms with van der Waals surface area (Å²) in [5.41, 5.74) is 4.22. The standard InChI is InChI=1S/C26H19N3O4S/c30-22-14-17(27-26-29(22)10-12-34-26)15-33-25(31)23-19-7-1-2-9-21(19)28-24-16(5-3-8-20(23)24)13-18-6-4-11-32-18/h1-2,4,6-7,9-14H,3,5,8,15H2. The lowest BCUT2D eigenvalue weighted by Crippen LogP contribution is -2.17. The van der Waals surface area contributed by atoms with Gasteiger partial charge < -0.3 is 9.15 Å². The van der Waals surface area contributed by atoms with Crippen molar-refractivity contribution in [3.63, 3.8) is 0 Å². The number of nitrogens with zero attached hydrogens (tertiary/aromatic N) is 3. The molecule has 0 saturated carbocycles. The minimum absolute atomic E-state index is 0.0804. The molecule has 168 valence electrons. The van der Waals surface area contributed by atoms with E-state index in [1.807, 2.05) is 42.5 Å². The summed E-state index contributed by atoms with van der Waals surface area (Å²) in [6.45, 7) is -0.0804. The second kappa shape index (κ2) is 8.39. The summed E-state index contributed by atoms with van der Waals surface area (Å²) in [4.78, 5) is 35.6. The van der Waals surface area contributed by atoms with Crippen LogP contribution >= 0.6 is 11.3 Å². The molecule has 4 heterocycles. The van der Waals surface area contributed by atoms with Crippen molar-refractivity contribution in [1.82, 2.24) is 14.4 Å². The summed E-state index contributed by atoms with van der Waals surface area (Å²) in [5, 5.41) is 2.55. The molecule has 8 heteroatoms. The second-order valence-electron chi connectivity index (χ2n) is 8.09. The first kappa shape index (κ1) is 20.6. The minimum atomic E-state index is -0.442. The topological polar surface area (TPSA) is 86.7 Å². The number of esters is 1. The normalized spacial score (nSPS) is 14.5. The van der Waals surface area contributed by atoms with Crippen molar-refractivity contribution in [2.75, 3.05) is 0 Å². The molecule has 1 aromatic carbocycles. The molecule has 4 aromatic heterocycles. The number of allylic oxidation sites excluding steroid dienone is 1. The number of benzene rings is 1. The number of rotatable bonds is 4. The van der Waals surface area contributed by atoms with Crippen LogP contribution in [0.3, 0.4) is 0 Å². The number of carbonyl (C=O) groups excluding carboxylic acids is 1. The van der Waals surface area contributed by atoms with Crippen molar-refractivity contribution in [3.8, 4) is 0 Å². The van der Waals surface area contributed by atoms with Crippen molar-refractivity contribution in [1.29, 1.82) is 0 Å². The number of hydrogen-bond acceptors (Lipinski definition) is 7. The van der Waals surface area contributed by atoms with Gasteiger partial charge in [0, 0.05) is 23.0 Å². The van der Waals surface area contributed by atoms with E-state index in [-0.39, 0.29) is 12.2 Å². The van der Waals surface area contributed by atoms with E-state index < -0.39 is 5.97 Å². The zero-order valence-electron chi connectivity index (χ0n) is 18.1. The van der Waals surface area contributed by atoms with Crippen LogP contribution in [-0.4, -0.2) is 20.3 Å². The highest BCUT2D eigenvalue weighted by Crippen LogP contribution is 2.36. The zero-order chi connectivity index (χ0) is 23.1. The molecule has 0 aliphatic heterocycles. The van der Waals surface area contributed by atoms with Crippen molar-refractivity contribution < 1.29 is 13.9 Å². The summed E-state index contributed by atoms with van der Waals surface area (Å²) >= 11 is 1.36. The third-order valence-electron chi connectivity index (χ3n) is 5.94. The lowest BCUT2D eigenvalue weighted by atomic mass is 9.86. The Morgan fingerprint density at radius 3 is 2.97 bits per heavy atom. The molecule has 7 nitrogen and oxygen atoms in total. The molecule has 34 heavy (non-hydrogen) atoms. The van der Waals surface area contributed by atoms with Crippen molar-refractivity contribution in [2.24, 2.45) is 0 Å². The van der Waals surface area contributed by atoms with Gasteiger partial charge in [-0.1, -0.05) is 18.2 Å². The number of furan rings is 1. The number of carbonyl (C=O) groups is 1. The fourth-order valence-corrected chi connectivity index (χ4v) is 5.17. The predicted molar refractivity (Wildman–Crippen MR) is 130 cm³/mol. The van der Waals surface area contributed by atoms with Crippen LogP contribution in [-0.2, 0) is 17.8 Å². The number of pyridine rings is 1. The van der Waals surface area contributed by atoms with Crippen molar-refractivity contribution in [3.05, 3.63) is 98.9 Å². The molecule has 0 fully saturated rings. The molecule has 0 atom stereocenters. The van der Waals surface area contributed by atoms with E-state index >= 15 is 0 Å². The Morgan fingerprint density at radius 1 is 1.18 bits per heavy atom. The Hall–Kier alpha value is -4.04. The van der Waals surface area contributed by atoms with Crippen LogP contribution < -0.4 is 5.56 Å². The monoisotopic (exact) mass is 469 g/mol. The van der Waals surface area contributed by atoms with Crippen LogP contribution in [0.5, 0.6) is 0 Å². The Morgan fingerprint density at radius 2 is 2.09 bits per heavy atom. The van der Waals surface area contributed by atoms with Gasteiger partial charge in [-0.25, -0.2) is 14.8 Å². The number of ether oxygens (including phenoxy) is 1. The lowest BCUT2D eigenvalue weighted by molar-refractivity contribution is 0.0468. The average molecular weight is 470 g/mol. The molecule has 0 radical (unpaired) electrons.